The van der Waals surface area contributed by atoms with Crippen LogP contribution < -0.4 is 11.1 Å². The SMILES string of the molecule is NC(=O)c1ccc(F)c(NCc2cccc([N+](=O)[O-])c2)c1. The molecule has 0 unspecified atom stereocenters. The van der Waals surface area contributed by atoms with Gasteiger partial charge >= 0.3 is 0 Å². The lowest BCUT2D eigenvalue weighted by atomic mass is 10.1. The van der Waals surface area contributed by atoms with Crippen LogP contribution in [0.3, 0.4) is 0 Å². The van der Waals surface area contributed by atoms with E-state index >= 15 is 0 Å². The van der Waals surface area contributed by atoms with Gasteiger partial charge in [-0.15, -0.1) is 0 Å². The molecule has 0 heterocycles. The molecule has 3 N–H and O–H groups in total. The second-order valence-corrected chi connectivity index (χ2v) is 4.34. The van der Waals surface area contributed by atoms with Crippen LogP contribution in [0.25, 0.3) is 0 Å². The number of amides is 1. The van der Waals surface area contributed by atoms with Crippen LogP contribution in [0, 0.1) is 15.9 Å². The average molecular weight is 289 g/mol. The third-order valence-corrected chi connectivity index (χ3v) is 2.86. The maximum Gasteiger partial charge on any atom is 0.269 e. The molecule has 2 aromatic carbocycles. The number of carbonyl (C=O) groups excluding carboxylic acids is 1. The first kappa shape index (κ1) is 14.4. The van der Waals surface area contributed by atoms with Gasteiger partial charge in [0.1, 0.15) is 5.82 Å². The van der Waals surface area contributed by atoms with Crippen LogP contribution >= 0.6 is 0 Å². The molecule has 0 aliphatic carbocycles. The summed E-state index contributed by atoms with van der Waals surface area (Å²) in [6.07, 6.45) is 0. The number of nitro groups is 1. The van der Waals surface area contributed by atoms with Gasteiger partial charge < -0.3 is 11.1 Å². The first-order valence-corrected chi connectivity index (χ1v) is 6.04. The fourth-order valence-electron chi connectivity index (χ4n) is 1.79. The van der Waals surface area contributed by atoms with Crippen molar-refractivity contribution in [3.63, 3.8) is 0 Å². The molecule has 0 fully saturated rings. The maximum atomic E-state index is 13.6. The molecule has 0 saturated carbocycles. The summed E-state index contributed by atoms with van der Waals surface area (Å²) in [7, 11) is 0. The number of nitrogens with zero attached hydrogens (tertiary/aromatic N) is 1. The molecular weight excluding hydrogens is 277 g/mol. The van der Waals surface area contributed by atoms with E-state index in [2.05, 4.69) is 5.32 Å². The lowest BCUT2D eigenvalue weighted by molar-refractivity contribution is -0.384. The molecule has 2 rings (SSSR count). The Kier molecular flexibility index (Phi) is 4.13. The molecule has 0 saturated heterocycles. The highest BCUT2D eigenvalue weighted by molar-refractivity contribution is 5.93. The molecule has 108 valence electrons. The molecular formula is C14H12FN3O3. The van der Waals surface area contributed by atoms with E-state index in [1.54, 1.807) is 12.1 Å². The highest BCUT2D eigenvalue weighted by Gasteiger charge is 2.08. The fourth-order valence-corrected chi connectivity index (χ4v) is 1.79. The summed E-state index contributed by atoms with van der Waals surface area (Å²) in [5, 5.41) is 13.5. The van der Waals surface area contributed by atoms with E-state index in [4.69, 9.17) is 5.73 Å². The van der Waals surface area contributed by atoms with Crippen LogP contribution in [0.4, 0.5) is 15.8 Å². The molecule has 2 aromatic rings. The van der Waals surface area contributed by atoms with Gasteiger partial charge in [-0.3, -0.25) is 14.9 Å². The largest absolute Gasteiger partial charge is 0.379 e. The average Bonchev–Trinajstić information content (AvgIpc) is 2.46. The summed E-state index contributed by atoms with van der Waals surface area (Å²) < 4.78 is 13.6. The van der Waals surface area contributed by atoms with Gasteiger partial charge in [0.2, 0.25) is 5.91 Å². The van der Waals surface area contributed by atoms with E-state index in [0.29, 0.717) is 5.56 Å². The number of carbonyl (C=O) groups is 1. The van der Waals surface area contributed by atoms with Gasteiger partial charge in [0.05, 0.1) is 10.6 Å². The summed E-state index contributed by atoms with van der Waals surface area (Å²) in [5.74, 6) is -1.20. The summed E-state index contributed by atoms with van der Waals surface area (Å²) in [6, 6.07) is 9.71. The monoisotopic (exact) mass is 289 g/mol. The zero-order valence-electron chi connectivity index (χ0n) is 10.9. The second-order valence-electron chi connectivity index (χ2n) is 4.34. The number of benzene rings is 2. The van der Waals surface area contributed by atoms with Crippen LogP contribution in [-0.2, 0) is 6.54 Å². The molecule has 0 aliphatic heterocycles. The van der Waals surface area contributed by atoms with Crippen molar-refractivity contribution in [2.75, 3.05) is 5.32 Å². The van der Waals surface area contributed by atoms with Crippen molar-refractivity contribution in [2.45, 2.75) is 6.54 Å². The number of primary amides is 1. The van der Waals surface area contributed by atoms with Crippen molar-refractivity contribution in [1.82, 2.24) is 0 Å². The first-order chi connectivity index (χ1) is 9.97. The Morgan fingerprint density at radius 3 is 2.71 bits per heavy atom. The van der Waals surface area contributed by atoms with Crippen LogP contribution in [0.15, 0.2) is 42.5 Å². The zero-order chi connectivity index (χ0) is 15.4. The Balaban J connectivity index is 2.16. The number of nitrogens with two attached hydrogens (primary N) is 1. The summed E-state index contributed by atoms with van der Waals surface area (Å²) >= 11 is 0. The predicted molar refractivity (Wildman–Crippen MR) is 75.3 cm³/mol. The minimum atomic E-state index is -0.659. The van der Waals surface area contributed by atoms with Crippen molar-refractivity contribution in [1.29, 1.82) is 0 Å². The Morgan fingerprint density at radius 2 is 2.05 bits per heavy atom. The number of hydrogen-bond donors (Lipinski definition) is 2. The zero-order valence-corrected chi connectivity index (χ0v) is 10.9. The molecule has 7 heteroatoms. The standard InChI is InChI=1S/C14H12FN3O3/c15-12-5-4-10(14(16)19)7-13(12)17-8-9-2-1-3-11(6-9)18(20)21/h1-7,17H,8H2,(H2,16,19). The van der Waals surface area contributed by atoms with Gasteiger partial charge in [-0.05, 0) is 23.8 Å². The topological polar surface area (TPSA) is 98.3 Å². The van der Waals surface area contributed by atoms with Crippen LogP contribution in [0.2, 0.25) is 0 Å². The van der Waals surface area contributed by atoms with E-state index < -0.39 is 16.6 Å². The molecule has 0 atom stereocenters. The number of nitro benzene ring substituents is 1. The van der Waals surface area contributed by atoms with Crippen molar-refractivity contribution < 1.29 is 14.1 Å². The van der Waals surface area contributed by atoms with Crippen molar-refractivity contribution in [3.8, 4) is 0 Å². The summed E-state index contributed by atoms with van der Waals surface area (Å²) in [6.45, 7) is 0.181. The third kappa shape index (κ3) is 3.53. The van der Waals surface area contributed by atoms with E-state index in [1.165, 1.54) is 24.3 Å². The number of non-ortho nitro benzene ring substituents is 1. The Bertz CT molecular complexity index is 704. The second kappa shape index (κ2) is 6.00. The molecule has 21 heavy (non-hydrogen) atoms. The molecule has 0 bridgehead atoms. The number of nitrogens with one attached hydrogen (secondary N) is 1. The molecule has 0 radical (unpaired) electrons. The first-order valence-electron chi connectivity index (χ1n) is 6.04. The Labute approximate surface area is 119 Å². The van der Waals surface area contributed by atoms with Crippen molar-refractivity contribution in [3.05, 3.63) is 69.5 Å². The van der Waals surface area contributed by atoms with Gasteiger partial charge in [-0.25, -0.2) is 4.39 Å². The van der Waals surface area contributed by atoms with Crippen molar-refractivity contribution >= 4 is 17.3 Å². The molecule has 0 spiro atoms. The highest BCUT2D eigenvalue weighted by atomic mass is 19.1. The van der Waals surface area contributed by atoms with Gasteiger partial charge in [0.25, 0.3) is 5.69 Å². The predicted octanol–water partition coefficient (Wildman–Crippen LogP) is 2.44. The van der Waals surface area contributed by atoms with E-state index in [0.717, 1.165) is 6.07 Å². The number of anilines is 1. The normalized spacial score (nSPS) is 10.1. The van der Waals surface area contributed by atoms with E-state index in [-0.39, 0.29) is 23.5 Å². The molecule has 1 amide bonds. The summed E-state index contributed by atoms with van der Waals surface area (Å²) in [4.78, 5) is 21.2. The number of rotatable bonds is 5. The quantitative estimate of drug-likeness (QED) is 0.652. The van der Waals surface area contributed by atoms with E-state index in [9.17, 15) is 19.3 Å². The van der Waals surface area contributed by atoms with Crippen LogP contribution in [-0.4, -0.2) is 10.8 Å². The third-order valence-electron chi connectivity index (χ3n) is 2.86. The van der Waals surface area contributed by atoms with Gasteiger partial charge in [0, 0.05) is 24.2 Å². The van der Waals surface area contributed by atoms with Crippen LogP contribution in [0.1, 0.15) is 15.9 Å². The minimum Gasteiger partial charge on any atom is -0.379 e. The smallest absolute Gasteiger partial charge is 0.269 e. The Morgan fingerprint density at radius 1 is 1.29 bits per heavy atom. The highest BCUT2D eigenvalue weighted by Crippen LogP contribution is 2.18. The molecule has 0 aliphatic rings. The number of halogens is 1. The molecule has 6 nitrogen and oxygen atoms in total. The fraction of sp³-hybridized carbons (Fsp3) is 0.0714. The Hall–Kier alpha value is -2.96. The summed E-state index contributed by atoms with van der Waals surface area (Å²) in [5.41, 5.74) is 5.99. The maximum absolute atomic E-state index is 13.6. The lowest BCUT2D eigenvalue weighted by Crippen LogP contribution is -2.12. The number of hydrogen-bond acceptors (Lipinski definition) is 4. The minimum absolute atomic E-state index is 0.0411. The lowest BCUT2D eigenvalue weighted by Gasteiger charge is -2.08. The van der Waals surface area contributed by atoms with E-state index in [1.807, 2.05) is 0 Å². The van der Waals surface area contributed by atoms with Gasteiger partial charge in [0.15, 0.2) is 0 Å². The van der Waals surface area contributed by atoms with Gasteiger partial charge in [-0.1, -0.05) is 12.1 Å². The van der Waals surface area contributed by atoms with Crippen molar-refractivity contribution in [2.24, 2.45) is 5.73 Å². The molecule has 0 aromatic heterocycles. The van der Waals surface area contributed by atoms with Crippen LogP contribution in [0.5, 0.6) is 0 Å². The van der Waals surface area contributed by atoms with Gasteiger partial charge in [-0.2, -0.15) is 0 Å².